The van der Waals surface area contributed by atoms with Crippen molar-refractivity contribution in [2.24, 2.45) is 0 Å². The minimum Gasteiger partial charge on any atom is -0.497 e. The van der Waals surface area contributed by atoms with E-state index in [2.05, 4.69) is 0 Å². The number of aryl methyl sites for hydroxylation is 1. The summed E-state index contributed by atoms with van der Waals surface area (Å²) in [5.41, 5.74) is 1.47. The minimum atomic E-state index is -1.20. The first-order valence-corrected chi connectivity index (χ1v) is 8.02. The van der Waals surface area contributed by atoms with Crippen LogP contribution < -0.4 is 14.9 Å². The van der Waals surface area contributed by atoms with Crippen molar-refractivity contribution in [3.63, 3.8) is 0 Å². The maximum Gasteiger partial charge on any atom is 0.344 e. The Labute approximate surface area is 149 Å². The second kappa shape index (κ2) is 6.92. The number of carbonyl (C=O) groups is 1. The maximum atomic E-state index is 13.0. The molecule has 2 aromatic carbocycles. The Hall–Kier alpha value is -3.28. The third kappa shape index (κ3) is 3.26. The molecule has 0 aliphatic heterocycles. The van der Waals surface area contributed by atoms with E-state index < -0.39 is 17.5 Å². The lowest BCUT2D eigenvalue weighted by atomic mass is 10.1. The van der Waals surface area contributed by atoms with E-state index in [1.807, 2.05) is 13.0 Å². The van der Waals surface area contributed by atoms with Crippen LogP contribution >= 0.6 is 0 Å². The van der Waals surface area contributed by atoms with Crippen LogP contribution in [-0.4, -0.2) is 24.3 Å². The van der Waals surface area contributed by atoms with Gasteiger partial charge in [-0.2, -0.15) is 0 Å². The summed E-state index contributed by atoms with van der Waals surface area (Å²) in [5.74, 6) is -0.464. The van der Waals surface area contributed by atoms with E-state index in [0.717, 1.165) is 5.56 Å². The van der Waals surface area contributed by atoms with E-state index in [9.17, 15) is 9.59 Å². The Bertz CT molecular complexity index is 1020. The van der Waals surface area contributed by atoms with E-state index in [1.54, 1.807) is 43.5 Å². The lowest BCUT2D eigenvalue weighted by Gasteiger charge is -2.14. The van der Waals surface area contributed by atoms with Crippen molar-refractivity contribution in [3.05, 3.63) is 58.3 Å². The second-order valence-electron chi connectivity index (χ2n) is 5.92. The molecule has 3 aromatic rings. The van der Waals surface area contributed by atoms with Crippen LogP contribution in [0.25, 0.3) is 22.3 Å². The highest BCUT2D eigenvalue weighted by atomic mass is 16.5. The van der Waals surface area contributed by atoms with Crippen molar-refractivity contribution in [2.75, 3.05) is 7.11 Å². The van der Waals surface area contributed by atoms with Crippen molar-refractivity contribution >= 4 is 16.9 Å². The van der Waals surface area contributed by atoms with Crippen molar-refractivity contribution < 1.29 is 23.8 Å². The predicted octanol–water partition coefficient (Wildman–Crippen LogP) is 3.63. The van der Waals surface area contributed by atoms with Gasteiger partial charge in [-0.1, -0.05) is 11.6 Å². The quantitative estimate of drug-likeness (QED) is 0.753. The molecule has 6 nitrogen and oxygen atoms in total. The number of carboxylic acids is 1. The maximum absolute atomic E-state index is 13.0. The zero-order valence-corrected chi connectivity index (χ0v) is 14.6. The number of hydrogen-bond acceptors (Lipinski definition) is 5. The van der Waals surface area contributed by atoms with Crippen LogP contribution in [0, 0.1) is 6.92 Å². The van der Waals surface area contributed by atoms with Gasteiger partial charge in [0.25, 0.3) is 0 Å². The molecule has 0 fully saturated rings. The molecule has 1 atom stereocenters. The van der Waals surface area contributed by atoms with Gasteiger partial charge in [-0.3, -0.25) is 4.79 Å². The normalized spacial score (nSPS) is 12.0. The van der Waals surface area contributed by atoms with Crippen molar-refractivity contribution in [3.8, 4) is 22.8 Å². The lowest BCUT2D eigenvalue weighted by molar-refractivity contribution is -0.144. The summed E-state index contributed by atoms with van der Waals surface area (Å²) in [6.45, 7) is 3.22. The number of rotatable bonds is 5. The summed E-state index contributed by atoms with van der Waals surface area (Å²) in [6.07, 6.45) is -1.20. The van der Waals surface area contributed by atoms with Crippen molar-refractivity contribution in [1.82, 2.24) is 0 Å². The first-order chi connectivity index (χ1) is 12.4. The van der Waals surface area contributed by atoms with Crippen LogP contribution in [0.5, 0.6) is 11.5 Å². The molecule has 1 aromatic heterocycles. The van der Waals surface area contributed by atoms with Gasteiger partial charge >= 0.3 is 5.97 Å². The average molecular weight is 354 g/mol. The van der Waals surface area contributed by atoms with Gasteiger partial charge in [0.15, 0.2) is 11.9 Å². The summed E-state index contributed by atoms with van der Waals surface area (Å²) < 4.78 is 16.5. The number of ether oxygens (including phenoxy) is 2. The van der Waals surface area contributed by atoms with Gasteiger partial charge in [0.05, 0.1) is 12.5 Å². The summed E-state index contributed by atoms with van der Waals surface area (Å²) in [6, 6.07) is 12.1. The van der Waals surface area contributed by atoms with Crippen LogP contribution in [0.2, 0.25) is 0 Å². The van der Waals surface area contributed by atoms with Gasteiger partial charge in [0, 0.05) is 5.56 Å². The number of hydrogen-bond donors (Lipinski definition) is 1. The van der Waals surface area contributed by atoms with Crippen LogP contribution in [0.15, 0.2) is 51.7 Å². The smallest absolute Gasteiger partial charge is 0.344 e. The minimum absolute atomic E-state index is 0.122. The Balaban J connectivity index is 2.25. The van der Waals surface area contributed by atoms with E-state index in [1.165, 1.54) is 6.92 Å². The zero-order chi connectivity index (χ0) is 18.8. The van der Waals surface area contributed by atoms with Gasteiger partial charge in [-0.25, -0.2) is 4.79 Å². The third-order valence-corrected chi connectivity index (χ3v) is 4.00. The van der Waals surface area contributed by atoms with Gasteiger partial charge in [0.2, 0.25) is 11.2 Å². The summed E-state index contributed by atoms with van der Waals surface area (Å²) >= 11 is 0. The van der Waals surface area contributed by atoms with Crippen LogP contribution in [0.4, 0.5) is 0 Å². The molecule has 0 bridgehead atoms. The highest BCUT2D eigenvalue weighted by Crippen LogP contribution is 2.32. The fraction of sp³-hybridized carbons (Fsp3) is 0.200. The van der Waals surface area contributed by atoms with E-state index >= 15 is 0 Å². The molecule has 26 heavy (non-hydrogen) atoms. The monoisotopic (exact) mass is 354 g/mol. The molecule has 0 radical (unpaired) electrons. The van der Waals surface area contributed by atoms with Gasteiger partial charge in [0.1, 0.15) is 11.3 Å². The summed E-state index contributed by atoms with van der Waals surface area (Å²) in [7, 11) is 1.55. The van der Waals surface area contributed by atoms with Crippen LogP contribution in [0.3, 0.4) is 0 Å². The first kappa shape index (κ1) is 17.5. The molecule has 1 heterocycles. The van der Waals surface area contributed by atoms with E-state index in [4.69, 9.17) is 19.0 Å². The Morgan fingerprint density at radius 3 is 2.46 bits per heavy atom. The molecule has 0 saturated heterocycles. The van der Waals surface area contributed by atoms with Gasteiger partial charge in [-0.05, 0) is 50.2 Å². The number of fused-ring (bicyclic) bond motifs is 1. The Morgan fingerprint density at radius 1 is 1.15 bits per heavy atom. The van der Waals surface area contributed by atoms with E-state index in [0.29, 0.717) is 22.3 Å². The molecule has 6 heteroatoms. The zero-order valence-electron chi connectivity index (χ0n) is 14.6. The standard InChI is InChI=1S/C20H18O6/c1-11-4-9-16-15(10-11)17(21)19(25-12(2)20(22)23)18(26-16)13-5-7-14(24-3)8-6-13/h4-10,12H,1-3H3,(H,22,23). The Kier molecular flexibility index (Phi) is 4.67. The topological polar surface area (TPSA) is 86.0 Å². The highest BCUT2D eigenvalue weighted by Gasteiger charge is 2.22. The molecule has 0 amide bonds. The van der Waals surface area contributed by atoms with Crippen molar-refractivity contribution in [2.45, 2.75) is 20.0 Å². The molecule has 0 aliphatic carbocycles. The summed E-state index contributed by atoms with van der Waals surface area (Å²) in [4.78, 5) is 24.1. The van der Waals surface area contributed by atoms with Gasteiger partial charge < -0.3 is 19.0 Å². The molecule has 0 aliphatic rings. The number of aliphatic carboxylic acids is 1. The first-order valence-electron chi connectivity index (χ1n) is 8.02. The van der Waals surface area contributed by atoms with Crippen molar-refractivity contribution in [1.29, 1.82) is 0 Å². The number of carboxylic acid groups (broad SMARTS) is 1. The average Bonchev–Trinajstić information content (AvgIpc) is 2.64. The number of benzene rings is 2. The molecule has 1 unspecified atom stereocenters. The molecular formula is C20H18O6. The molecule has 1 N–H and O–H groups in total. The molecule has 134 valence electrons. The highest BCUT2D eigenvalue weighted by molar-refractivity contribution is 5.83. The SMILES string of the molecule is COc1ccc(-c2oc3ccc(C)cc3c(=O)c2OC(C)C(=O)O)cc1. The largest absolute Gasteiger partial charge is 0.497 e. The number of methoxy groups -OCH3 is 1. The lowest BCUT2D eigenvalue weighted by Crippen LogP contribution is -2.26. The van der Waals surface area contributed by atoms with Gasteiger partial charge in [-0.15, -0.1) is 0 Å². The third-order valence-electron chi connectivity index (χ3n) is 4.00. The molecule has 3 rings (SSSR count). The van der Waals surface area contributed by atoms with Crippen LogP contribution in [0.1, 0.15) is 12.5 Å². The summed E-state index contributed by atoms with van der Waals surface area (Å²) in [5, 5.41) is 9.49. The molecule has 0 spiro atoms. The molecular weight excluding hydrogens is 336 g/mol. The molecule has 0 saturated carbocycles. The van der Waals surface area contributed by atoms with Crippen LogP contribution in [-0.2, 0) is 4.79 Å². The van der Waals surface area contributed by atoms with E-state index in [-0.39, 0.29) is 11.5 Å². The fourth-order valence-electron chi connectivity index (χ4n) is 2.56. The predicted molar refractivity (Wildman–Crippen MR) is 96.9 cm³/mol. The Morgan fingerprint density at radius 2 is 1.85 bits per heavy atom. The fourth-order valence-corrected chi connectivity index (χ4v) is 2.56. The second-order valence-corrected chi connectivity index (χ2v) is 5.92.